The number of fused-ring (bicyclic) bond motifs is 1. The standard InChI is InChI=1S/C21H16N2O3/c1-23-14-22-19-13-18(11-12-20(19)23)26-21(24)15-7-9-17(10-8-15)25-16-5-3-2-4-6-16/h2-14H,1H3. The molecule has 0 unspecified atom stereocenters. The number of hydrogen-bond acceptors (Lipinski definition) is 4. The predicted molar refractivity (Wildman–Crippen MR) is 98.6 cm³/mol. The van der Waals surface area contributed by atoms with E-state index in [1.807, 2.05) is 48.0 Å². The van der Waals surface area contributed by atoms with Crippen LogP contribution in [0.25, 0.3) is 11.0 Å². The highest BCUT2D eigenvalue weighted by atomic mass is 16.5. The Balaban J connectivity index is 1.47. The zero-order valence-corrected chi connectivity index (χ0v) is 14.1. The normalized spacial score (nSPS) is 10.7. The van der Waals surface area contributed by atoms with E-state index in [-0.39, 0.29) is 0 Å². The second kappa shape index (κ2) is 6.72. The minimum atomic E-state index is -0.424. The fourth-order valence-corrected chi connectivity index (χ4v) is 2.63. The molecule has 0 radical (unpaired) electrons. The van der Waals surface area contributed by atoms with Gasteiger partial charge in [-0.1, -0.05) is 18.2 Å². The molecule has 0 aliphatic heterocycles. The molecular weight excluding hydrogens is 328 g/mol. The van der Waals surface area contributed by atoms with E-state index >= 15 is 0 Å². The van der Waals surface area contributed by atoms with E-state index in [4.69, 9.17) is 9.47 Å². The number of esters is 1. The summed E-state index contributed by atoms with van der Waals surface area (Å²) in [6, 6.07) is 21.7. The minimum Gasteiger partial charge on any atom is -0.457 e. The Kier molecular flexibility index (Phi) is 4.11. The molecule has 1 aromatic heterocycles. The Morgan fingerprint density at radius 2 is 1.58 bits per heavy atom. The van der Waals surface area contributed by atoms with Crippen molar-refractivity contribution in [1.82, 2.24) is 9.55 Å². The number of nitrogens with zero attached hydrogens (tertiary/aromatic N) is 2. The summed E-state index contributed by atoms with van der Waals surface area (Å²) in [7, 11) is 1.92. The number of ether oxygens (including phenoxy) is 2. The van der Waals surface area contributed by atoms with Gasteiger partial charge >= 0.3 is 5.97 Å². The van der Waals surface area contributed by atoms with Crippen molar-refractivity contribution in [3.63, 3.8) is 0 Å². The lowest BCUT2D eigenvalue weighted by Crippen LogP contribution is -2.08. The molecule has 3 aromatic carbocycles. The molecule has 4 rings (SSSR count). The first-order chi connectivity index (χ1) is 12.7. The lowest BCUT2D eigenvalue weighted by molar-refractivity contribution is 0.0735. The molecule has 0 spiro atoms. The first kappa shape index (κ1) is 15.9. The number of carbonyl (C=O) groups is 1. The molecule has 26 heavy (non-hydrogen) atoms. The van der Waals surface area contributed by atoms with Gasteiger partial charge < -0.3 is 14.0 Å². The van der Waals surface area contributed by atoms with Gasteiger partial charge in [0.25, 0.3) is 0 Å². The molecule has 0 amide bonds. The third-order valence-corrected chi connectivity index (χ3v) is 3.98. The molecule has 0 aliphatic rings. The topological polar surface area (TPSA) is 53.4 Å². The van der Waals surface area contributed by atoms with Gasteiger partial charge in [-0.15, -0.1) is 0 Å². The summed E-state index contributed by atoms with van der Waals surface area (Å²) in [6.45, 7) is 0. The van der Waals surface area contributed by atoms with E-state index in [0.29, 0.717) is 17.1 Å². The van der Waals surface area contributed by atoms with Gasteiger partial charge in [-0.2, -0.15) is 0 Å². The number of carbonyl (C=O) groups excluding carboxylic acids is 1. The number of rotatable bonds is 4. The van der Waals surface area contributed by atoms with Crippen molar-refractivity contribution in [3.8, 4) is 17.2 Å². The Morgan fingerprint density at radius 3 is 2.35 bits per heavy atom. The van der Waals surface area contributed by atoms with Crippen LogP contribution in [0.5, 0.6) is 17.2 Å². The van der Waals surface area contributed by atoms with Crippen molar-refractivity contribution in [1.29, 1.82) is 0 Å². The Morgan fingerprint density at radius 1 is 0.885 bits per heavy atom. The highest BCUT2D eigenvalue weighted by molar-refractivity contribution is 5.91. The summed E-state index contributed by atoms with van der Waals surface area (Å²) >= 11 is 0. The van der Waals surface area contributed by atoms with Crippen molar-refractivity contribution in [2.75, 3.05) is 0 Å². The largest absolute Gasteiger partial charge is 0.457 e. The number of aromatic nitrogens is 2. The van der Waals surface area contributed by atoms with Gasteiger partial charge in [0.05, 0.1) is 22.9 Å². The third-order valence-electron chi connectivity index (χ3n) is 3.98. The van der Waals surface area contributed by atoms with Crippen LogP contribution in [-0.4, -0.2) is 15.5 Å². The van der Waals surface area contributed by atoms with E-state index in [1.165, 1.54) is 0 Å². The van der Waals surface area contributed by atoms with Crippen LogP contribution in [-0.2, 0) is 7.05 Å². The first-order valence-corrected chi connectivity index (χ1v) is 8.15. The maximum Gasteiger partial charge on any atom is 0.343 e. The maximum atomic E-state index is 12.3. The number of benzene rings is 3. The predicted octanol–water partition coefficient (Wildman–Crippen LogP) is 4.58. The fourth-order valence-electron chi connectivity index (χ4n) is 2.63. The molecule has 1 heterocycles. The van der Waals surface area contributed by atoms with Gasteiger partial charge in [-0.3, -0.25) is 0 Å². The SMILES string of the molecule is Cn1cnc2cc(OC(=O)c3ccc(Oc4ccccc4)cc3)ccc21. The number of hydrogen-bond donors (Lipinski definition) is 0. The van der Waals surface area contributed by atoms with Gasteiger partial charge in [-0.05, 0) is 48.5 Å². The van der Waals surface area contributed by atoms with Crippen LogP contribution in [0.1, 0.15) is 10.4 Å². The molecule has 0 atom stereocenters. The third kappa shape index (κ3) is 3.28. The molecule has 0 bridgehead atoms. The maximum absolute atomic E-state index is 12.3. The summed E-state index contributed by atoms with van der Waals surface area (Å²) in [5.74, 6) is 1.44. The van der Waals surface area contributed by atoms with Crippen LogP contribution in [0, 0.1) is 0 Å². The van der Waals surface area contributed by atoms with Crippen molar-refractivity contribution in [2.45, 2.75) is 0 Å². The Hall–Kier alpha value is -3.60. The summed E-state index contributed by atoms with van der Waals surface area (Å²) in [5, 5.41) is 0. The van der Waals surface area contributed by atoms with Gasteiger partial charge in [-0.25, -0.2) is 9.78 Å². The zero-order chi connectivity index (χ0) is 17.9. The molecule has 0 saturated heterocycles. The molecule has 128 valence electrons. The van der Waals surface area contributed by atoms with Gasteiger partial charge in [0.1, 0.15) is 17.2 Å². The van der Waals surface area contributed by atoms with E-state index in [1.54, 1.807) is 42.7 Å². The summed E-state index contributed by atoms with van der Waals surface area (Å²) in [6.07, 6.45) is 1.72. The van der Waals surface area contributed by atoms with Gasteiger partial charge in [0, 0.05) is 13.1 Å². The lowest BCUT2D eigenvalue weighted by atomic mass is 10.2. The van der Waals surface area contributed by atoms with Gasteiger partial charge in [0.2, 0.25) is 0 Å². The van der Waals surface area contributed by atoms with E-state index < -0.39 is 5.97 Å². The average molecular weight is 344 g/mol. The summed E-state index contributed by atoms with van der Waals surface area (Å²) < 4.78 is 13.1. The van der Waals surface area contributed by atoms with Gasteiger partial charge in [0.15, 0.2) is 0 Å². The Labute approximate surface area is 150 Å². The van der Waals surface area contributed by atoms with E-state index in [0.717, 1.165) is 16.8 Å². The van der Waals surface area contributed by atoms with Crippen LogP contribution < -0.4 is 9.47 Å². The quantitative estimate of drug-likeness (QED) is 0.401. The molecule has 0 aliphatic carbocycles. The Bertz CT molecular complexity index is 1050. The molecule has 5 heteroatoms. The van der Waals surface area contributed by atoms with Crippen LogP contribution >= 0.6 is 0 Å². The minimum absolute atomic E-state index is 0.424. The van der Waals surface area contributed by atoms with Crippen LogP contribution in [0.4, 0.5) is 0 Å². The smallest absolute Gasteiger partial charge is 0.343 e. The van der Waals surface area contributed by atoms with Crippen LogP contribution in [0.2, 0.25) is 0 Å². The summed E-state index contributed by atoms with van der Waals surface area (Å²) in [5.41, 5.74) is 2.21. The number of aryl methyl sites for hydroxylation is 1. The molecular formula is C21H16N2O3. The molecule has 0 saturated carbocycles. The summed E-state index contributed by atoms with van der Waals surface area (Å²) in [4.78, 5) is 16.6. The second-order valence-corrected chi connectivity index (χ2v) is 5.84. The monoisotopic (exact) mass is 344 g/mol. The highest BCUT2D eigenvalue weighted by Crippen LogP contribution is 2.23. The van der Waals surface area contributed by atoms with Crippen LogP contribution in [0.3, 0.4) is 0 Å². The fraction of sp³-hybridized carbons (Fsp3) is 0.0476. The average Bonchev–Trinajstić information content (AvgIpc) is 3.03. The molecule has 0 N–H and O–H groups in total. The molecule has 5 nitrogen and oxygen atoms in total. The lowest BCUT2D eigenvalue weighted by Gasteiger charge is -2.07. The highest BCUT2D eigenvalue weighted by Gasteiger charge is 2.10. The zero-order valence-electron chi connectivity index (χ0n) is 14.1. The van der Waals surface area contributed by atoms with E-state index in [9.17, 15) is 4.79 Å². The van der Waals surface area contributed by atoms with Crippen molar-refractivity contribution in [2.24, 2.45) is 7.05 Å². The first-order valence-electron chi connectivity index (χ1n) is 8.15. The number of para-hydroxylation sites is 1. The van der Waals surface area contributed by atoms with Crippen molar-refractivity contribution in [3.05, 3.63) is 84.7 Å². The van der Waals surface area contributed by atoms with E-state index in [2.05, 4.69) is 4.98 Å². The van der Waals surface area contributed by atoms with Crippen LogP contribution in [0.15, 0.2) is 79.1 Å². The van der Waals surface area contributed by atoms with Crippen molar-refractivity contribution < 1.29 is 14.3 Å². The number of imidazole rings is 1. The second-order valence-electron chi connectivity index (χ2n) is 5.84. The molecule has 0 fully saturated rings. The van der Waals surface area contributed by atoms with Crippen molar-refractivity contribution >= 4 is 17.0 Å². The molecule has 4 aromatic rings.